The molecule has 9 rings (SSSR count). The summed E-state index contributed by atoms with van der Waals surface area (Å²) in [5, 5.41) is 5.08. The van der Waals surface area contributed by atoms with Crippen molar-refractivity contribution in [2.75, 3.05) is 0 Å². The van der Waals surface area contributed by atoms with Gasteiger partial charge in [-0.2, -0.15) is 0 Å². The van der Waals surface area contributed by atoms with Gasteiger partial charge in [-0.3, -0.25) is 0 Å². The first-order chi connectivity index (χ1) is 20.2. The normalized spacial score (nSPS) is 21.0. The van der Waals surface area contributed by atoms with Gasteiger partial charge in [0.25, 0.3) is 0 Å². The van der Waals surface area contributed by atoms with E-state index >= 15 is 0 Å². The van der Waals surface area contributed by atoms with Gasteiger partial charge >= 0.3 is 0 Å². The summed E-state index contributed by atoms with van der Waals surface area (Å²) in [5.41, 5.74) is 9.02. The van der Waals surface area contributed by atoms with Gasteiger partial charge in [-0.05, 0) is 61.8 Å². The van der Waals surface area contributed by atoms with Gasteiger partial charge in [0.05, 0.1) is 0 Å². The molecule has 1 aliphatic heterocycles. The molecular formula is C40H28O. The van der Waals surface area contributed by atoms with E-state index in [0.29, 0.717) is 11.8 Å². The minimum Gasteiger partial charge on any atom is -0.456 e. The van der Waals surface area contributed by atoms with Gasteiger partial charge in [-0.25, -0.2) is 0 Å². The molecule has 1 heterocycles. The minimum absolute atomic E-state index is 0.151. The first kappa shape index (κ1) is 22.9. The molecule has 3 atom stereocenters. The number of para-hydroxylation sites is 1. The molecule has 3 aliphatic rings. The average Bonchev–Trinajstić information content (AvgIpc) is 3.28. The molecule has 194 valence electrons. The summed E-state index contributed by atoms with van der Waals surface area (Å²) in [4.78, 5) is 0. The highest BCUT2D eigenvalue weighted by atomic mass is 16.5. The van der Waals surface area contributed by atoms with E-state index < -0.39 is 0 Å². The van der Waals surface area contributed by atoms with Crippen LogP contribution in [0.2, 0.25) is 0 Å². The smallest absolute Gasteiger partial charge is 0.135 e. The Morgan fingerprint density at radius 3 is 2.24 bits per heavy atom. The van der Waals surface area contributed by atoms with Crippen LogP contribution >= 0.6 is 0 Å². The zero-order chi connectivity index (χ0) is 27.1. The van der Waals surface area contributed by atoms with E-state index in [2.05, 4.69) is 146 Å². The molecule has 41 heavy (non-hydrogen) atoms. The third-order valence-corrected chi connectivity index (χ3v) is 9.81. The monoisotopic (exact) mass is 524 g/mol. The fourth-order valence-electron chi connectivity index (χ4n) is 7.83. The lowest BCUT2D eigenvalue weighted by atomic mass is 9.68. The summed E-state index contributed by atoms with van der Waals surface area (Å²) in [5.74, 6) is 2.54. The van der Waals surface area contributed by atoms with Crippen molar-refractivity contribution in [3.05, 3.63) is 155 Å². The first-order valence-electron chi connectivity index (χ1n) is 14.5. The number of fused-ring (bicyclic) bond motifs is 6. The Kier molecular flexibility index (Phi) is 4.64. The predicted molar refractivity (Wildman–Crippen MR) is 169 cm³/mol. The quantitative estimate of drug-likeness (QED) is 0.220. The second-order valence-electron chi connectivity index (χ2n) is 11.8. The van der Waals surface area contributed by atoms with Crippen LogP contribution in [0.3, 0.4) is 0 Å². The largest absolute Gasteiger partial charge is 0.456 e. The molecule has 6 aromatic rings. The van der Waals surface area contributed by atoms with Crippen LogP contribution in [-0.2, 0) is 5.41 Å². The van der Waals surface area contributed by atoms with Gasteiger partial charge in [0, 0.05) is 33.8 Å². The van der Waals surface area contributed by atoms with Gasteiger partial charge < -0.3 is 4.74 Å². The molecule has 0 aromatic heterocycles. The summed E-state index contributed by atoms with van der Waals surface area (Å²) in [6.07, 6.45) is 5.04. The van der Waals surface area contributed by atoms with E-state index in [1.54, 1.807) is 0 Å². The molecule has 6 aromatic carbocycles. The molecule has 0 radical (unpaired) electrons. The van der Waals surface area contributed by atoms with Gasteiger partial charge in [-0.1, -0.05) is 128 Å². The van der Waals surface area contributed by atoms with E-state index in [-0.39, 0.29) is 5.41 Å². The fourth-order valence-corrected chi connectivity index (χ4v) is 7.83. The van der Waals surface area contributed by atoms with Crippen LogP contribution < -0.4 is 15.2 Å². The number of rotatable bonds is 2. The highest BCUT2D eigenvalue weighted by Crippen LogP contribution is 2.57. The van der Waals surface area contributed by atoms with Crippen LogP contribution in [0.4, 0.5) is 0 Å². The van der Waals surface area contributed by atoms with Crippen molar-refractivity contribution in [2.24, 2.45) is 5.92 Å². The van der Waals surface area contributed by atoms with E-state index in [0.717, 1.165) is 17.1 Å². The third kappa shape index (κ3) is 3.12. The Bertz CT molecular complexity index is 2160. The lowest BCUT2D eigenvalue weighted by Gasteiger charge is -2.34. The third-order valence-electron chi connectivity index (χ3n) is 9.81. The van der Waals surface area contributed by atoms with E-state index in [4.69, 9.17) is 4.74 Å². The minimum atomic E-state index is -0.151. The Hall–Kier alpha value is -4.88. The van der Waals surface area contributed by atoms with Crippen LogP contribution in [-0.4, -0.2) is 0 Å². The molecule has 0 saturated carbocycles. The molecular weight excluding hydrogens is 496 g/mol. The molecule has 3 unspecified atom stereocenters. The van der Waals surface area contributed by atoms with Crippen LogP contribution in [0.15, 0.2) is 127 Å². The molecule has 0 spiro atoms. The Balaban J connectivity index is 1.32. The van der Waals surface area contributed by atoms with E-state index in [1.807, 2.05) is 0 Å². The molecule has 1 nitrogen and oxygen atoms in total. The van der Waals surface area contributed by atoms with Crippen LogP contribution in [0, 0.1) is 5.92 Å². The van der Waals surface area contributed by atoms with E-state index in [9.17, 15) is 0 Å². The number of benzene rings is 6. The van der Waals surface area contributed by atoms with Crippen molar-refractivity contribution in [1.29, 1.82) is 0 Å². The van der Waals surface area contributed by atoms with Crippen LogP contribution in [0.25, 0.3) is 45.2 Å². The SMILES string of the molecule is CC1(c2ccccc2)c2cc(-c3ccc4cccc5c4c3-c3ccccc3O5)ccc2C2C=c3ccccc3=CC21. The van der Waals surface area contributed by atoms with Crippen molar-refractivity contribution in [3.63, 3.8) is 0 Å². The standard InChI is InChI=1S/C40H28O/c1-40(29-13-3-2-4-14-29)34-24-28(19-21-31(34)33-22-26-10-5-6-11-27(26)23-35(33)40)30-20-18-25-12-9-17-37-38(25)39(30)32-15-7-8-16-36(32)41-37/h2-24,33,35H,1H3. The van der Waals surface area contributed by atoms with Crippen LogP contribution in [0.5, 0.6) is 11.5 Å². The Labute approximate surface area is 239 Å². The second-order valence-corrected chi connectivity index (χ2v) is 11.8. The first-order valence-corrected chi connectivity index (χ1v) is 14.5. The zero-order valence-electron chi connectivity index (χ0n) is 22.8. The summed E-state index contributed by atoms with van der Waals surface area (Å²) in [6.45, 7) is 2.46. The zero-order valence-corrected chi connectivity index (χ0v) is 22.8. The number of hydrogen-bond donors (Lipinski definition) is 0. The van der Waals surface area contributed by atoms with Crippen molar-refractivity contribution in [1.82, 2.24) is 0 Å². The van der Waals surface area contributed by atoms with Crippen molar-refractivity contribution < 1.29 is 4.74 Å². The van der Waals surface area contributed by atoms with Gasteiger partial charge in [0.1, 0.15) is 11.5 Å². The molecule has 2 aliphatic carbocycles. The number of ether oxygens (including phenoxy) is 1. The maximum atomic E-state index is 6.39. The molecule has 0 saturated heterocycles. The summed E-state index contributed by atoms with van der Waals surface area (Å²) < 4.78 is 6.39. The van der Waals surface area contributed by atoms with Gasteiger partial charge in [0.15, 0.2) is 0 Å². The lowest BCUT2D eigenvalue weighted by molar-refractivity contribution is 0.456. The fraction of sp³-hybridized carbons (Fsp3) is 0.100. The van der Waals surface area contributed by atoms with Gasteiger partial charge in [-0.15, -0.1) is 0 Å². The molecule has 0 fully saturated rings. The van der Waals surface area contributed by atoms with E-state index in [1.165, 1.54) is 54.6 Å². The lowest BCUT2D eigenvalue weighted by Crippen LogP contribution is -2.37. The molecule has 0 bridgehead atoms. The van der Waals surface area contributed by atoms with Crippen molar-refractivity contribution >= 4 is 22.9 Å². The van der Waals surface area contributed by atoms with Gasteiger partial charge in [0.2, 0.25) is 0 Å². The average molecular weight is 525 g/mol. The van der Waals surface area contributed by atoms with Crippen molar-refractivity contribution in [2.45, 2.75) is 18.3 Å². The summed E-state index contributed by atoms with van der Waals surface area (Å²) in [6, 6.07) is 46.6. The van der Waals surface area contributed by atoms with Crippen molar-refractivity contribution in [3.8, 4) is 33.8 Å². The highest BCUT2D eigenvalue weighted by molar-refractivity contribution is 6.09. The molecule has 0 N–H and O–H groups in total. The Morgan fingerprint density at radius 1 is 0.610 bits per heavy atom. The highest BCUT2D eigenvalue weighted by Gasteiger charge is 2.49. The summed E-state index contributed by atoms with van der Waals surface area (Å²) in [7, 11) is 0. The predicted octanol–water partition coefficient (Wildman–Crippen LogP) is 8.57. The summed E-state index contributed by atoms with van der Waals surface area (Å²) >= 11 is 0. The number of hydrogen-bond acceptors (Lipinski definition) is 1. The second kappa shape index (κ2) is 8.32. The topological polar surface area (TPSA) is 9.23 Å². The maximum Gasteiger partial charge on any atom is 0.135 e. The Morgan fingerprint density at radius 2 is 1.37 bits per heavy atom. The molecule has 1 heteroatoms. The maximum absolute atomic E-state index is 6.39. The molecule has 0 amide bonds. The van der Waals surface area contributed by atoms with Crippen LogP contribution in [0.1, 0.15) is 29.5 Å².